The fourth-order valence-corrected chi connectivity index (χ4v) is 19.4. The van der Waals surface area contributed by atoms with Gasteiger partial charge in [0, 0.05) is 109 Å². The van der Waals surface area contributed by atoms with E-state index < -0.39 is 0 Å². The molecule has 0 fully saturated rings. The molecule has 12 heteroatoms. The van der Waals surface area contributed by atoms with Crippen molar-refractivity contribution in [3.63, 3.8) is 0 Å². The number of hydrogen-bond donors (Lipinski definition) is 6. The maximum atomic E-state index is 3.62. The Labute approximate surface area is 536 Å². The molecule has 3 unspecified atom stereocenters. The van der Waals surface area contributed by atoms with Crippen LogP contribution < -0.4 is 31.9 Å². The zero-order valence-electron chi connectivity index (χ0n) is 55.5. The number of fused-ring (bicyclic) bond motifs is 6. The Morgan fingerprint density at radius 3 is 1.55 bits per heavy atom. The molecule has 0 radical (unpaired) electrons. The van der Waals surface area contributed by atoms with Gasteiger partial charge < -0.3 is 31.9 Å². The normalized spacial score (nSPS) is 20.1. The highest BCUT2D eigenvalue weighted by Crippen LogP contribution is 2.39. The van der Waals surface area contributed by atoms with Crippen LogP contribution in [0.15, 0.2) is 36.4 Å². The van der Waals surface area contributed by atoms with Gasteiger partial charge in [-0.15, -0.1) is 68.0 Å². The van der Waals surface area contributed by atoms with Crippen molar-refractivity contribution in [2.24, 2.45) is 0 Å². The van der Waals surface area contributed by atoms with Gasteiger partial charge in [0.2, 0.25) is 0 Å². The van der Waals surface area contributed by atoms with Gasteiger partial charge >= 0.3 is 0 Å². The predicted octanol–water partition coefficient (Wildman–Crippen LogP) is 18.5. The molecule has 0 amide bonds. The van der Waals surface area contributed by atoms with E-state index in [4.69, 9.17) is 0 Å². The number of hydrogen-bond acceptors (Lipinski definition) is 12. The quantitative estimate of drug-likeness (QED) is 0.0957. The van der Waals surface area contributed by atoms with Gasteiger partial charge in [-0.1, -0.05) is 111 Å². The molecule has 6 aliphatic heterocycles. The zero-order valence-corrected chi connectivity index (χ0v) is 60.4. The first-order valence-corrected chi connectivity index (χ1v) is 38.0. The monoisotopic (exact) mass is 1250 g/mol. The van der Waals surface area contributed by atoms with E-state index in [2.05, 4.69) is 186 Å². The fourth-order valence-electron chi connectivity index (χ4n) is 11.8. The summed E-state index contributed by atoms with van der Waals surface area (Å²) in [7, 11) is 0. The Bertz CT molecular complexity index is 2770. The van der Waals surface area contributed by atoms with Crippen molar-refractivity contribution in [2.75, 3.05) is 52.4 Å². The summed E-state index contributed by atoms with van der Waals surface area (Å²) in [5.41, 5.74) is 9.83. The van der Waals surface area contributed by atoms with Crippen LogP contribution in [-0.2, 0) is 69.9 Å². The lowest BCUT2D eigenvalue weighted by Gasteiger charge is -2.23. The van der Waals surface area contributed by atoms with Crippen LogP contribution in [0, 0.1) is 0 Å². The summed E-state index contributed by atoms with van der Waals surface area (Å²) >= 11 is 12.1. The minimum Gasteiger partial charge on any atom is -0.316 e. The van der Waals surface area contributed by atoms with Crippen molar-refractivity contribution < 1.29 is 0 Å². The Balaban J connectivity index is 0.000000145. The van der Waals surface area contributed by atoms with Gasteiger partial charge in [0.1, 0.15) is 0 Å². The Morgan fingerprint density at radius 1 is 0.429 bits per heavy atom. The number of rotatable bonds is 7. The van der Waals surface area contributed by atoms with Crippen LogP contribution in [-0.4, -0.2) is 64.4 Å². The van der Waals surface area contributed by atoms with E-state index in [-0.39, 0.29) is 0 Å². The van der Waals surface area contributed by atoms with E-state index in [1.807, 2.05) is 68.0 Å². The van der Waals surface area contributed by atoms with E-state index in [1.54, 1.807) is 91.9 Å². The second-order valence-corrected chi connectivity index (χ2v) is 34.4. The standard InChI is InChI=1S/2C13H21NS.2C12H19NS.2C11H17NS/c1-9(2)12-7-10-11(15-12)5-6-14-8-13(10,3)4;1-4-11-8-13-10(5-6-14-11)7-12(15-13)9(2)3;1-8(2)12-6-10-9(3)7-13-5-4-11(10)14-12;1-8(2)12-7-10-6-9(3)13-5-4-11(10)14-12;1-8(2)11-6-9-7-12-5-3-4-10(9)13-11;1-8(2)10-6-9-4-3-5-12-7-11(9)13-10/h7,9,14H,5-6,8H2,1-4H3;7,9,11,14H,4-6,8H2,1-3H3;6,8-9,13H,4-5,7H2,1-3H3;7-9,13H,4-6H2,1-3H3;2*6,8,12H,3-5,7H2,1-2H3. The van der Waals surface area contributed by atoms with E-state index in [9.17, 15) is 0 Å². The molecule has 468 valence electrons. The van der Waals surface area contributed by atoms with Gasteiger partial charge in [0.25, 0.3) is 0 Å². The molecule has 6 aliphatic rings. The Hall–Kier alpha value is -2.04. The fraction of sp³-hybridized carbons (Fsp3) is 0.667. The average molecular weight is 1260 g/mol. The van der Waals surface area contributed by atoms with Crippen LogP contribution in [0.25, 0.3) is 0 Å². The van der Waals surface area contributed by atoms with Crippen LogP contribution in [0.2, 0.25) is 0 Å². The summed E-state index contributed by atoms with van der Waals surface area (Å²) in [6.45, 7) is 50.3. The maximum Gasteiger partial charge on any atom is 0.0302 e. The lowest BCUT2D eigenvalue weighted by Crippen LogP contribution is -2.31. The molecule has 6 aromatic rings. The molecular weight excluding hydrogens is 1140 g/mol. The lowest BCUT2D eigenvalue weighted by molar-refractivity contribution is 0.488. The maximum absolute atomic E-state index is 3.62. The molecule has 0 aliphatic carbocycles. The summed E-state index contributed by atoms with van der Waals surface area (Å²) in [5, 5.41) is 21.1. The summed E-state index contributed by atoms with van der Waals surface area (Å²) in [4.78, 5) is 19.0. The highest BCUT2D eigenvalue weighted by molar-refractivity contribution is 7.13. The smallest absolute Gasteiger partial charge is 0.0302 e. The molecule has 0 bridgehead atoms. The minimum absolute atomic E-state index is 0.301. The largest absolute Gasteiger partial charge is 0.316 e. The highest BCUT2D eigenvalue weighted by Gasteiger charge is 2.29. The summed E-state index contributed by atoms with van der Waals surface area (Å²) in [6.07, 6.45) is 13.7. The molecular formula is C72H114N6S6. The van der Waals surface area contributed by atoms with Crippen molar-refractivity contribution in [3.05, 3.63) is 128 Å². The summed E-state index contributed by atoms with van der Waals surface area (Å²) in [6, 6.07) is 15.9. The van der Waals surface area contributed by atoms with Crippen LogP contribution in [0.3, 0.4) is 0 Å². The topological polar surface area (TPSA) is 72.2 Å². The highest BCUT2D eigenvalue weighted by atomic mass is 32.1. The van der Waals surface area contributed by atoms with Gasteiger partial charge in [-0.2, -0.15) is 0 Å². The first-order chi connectivity index (χ1) is 40.1. The second kappa shape index (κ2) is 33.7. The van der Waals surface area contributed by atoms with Crippen LogP contribution in [0.4, 0.5) is 0 Å². The molecule has 0 aromatic carbocycles. The van der Waals surface area contributed by atoms with Crippen molar-refractivity contribution in [3.8, 4) is 0 Å². The third kappa shape index (κ3) is 20.2. The molecule has 3 atom stereocenters. The molecule has 6 aromatic heterocycles. The van der Waals surface area contributed by atoms with Crippen LogP contribution >= 0.6 is 68.0 Å². The van der Waals surface area contributed by atoms with Crippen molar-refractivity contribution in [1.82, 2.24) is 31.9 Å². The summed E-state index contributed by atoms with van der Waals surface area (Å²) in [5.74, 6) is 4.81. The zero-order chi connectivity index (χ0) is 60.7. The van der Waals surface area contributed by atoms with Crippen molar-refractivity contribution in [2.45, 2.75) is 260 Å². The molecule has 84 heavy (non-hydrogen) atoms. The van der Waals surface area contributed by atoms with Crippen molar-refractivity contribution >= 4 is 68.0 Å². The molecule has 0 saturated carbocycles. The van der Waals surface area contributed by atoms with Gasteiger partial charge in [-0.25, -0.2) is 0 Å². The molecule has 12 rings (SSSR count). The Kier molecular flexibility index (Phi) is 27.8. The SMILES string of the molecule is CC(C)c1cc2c(s1)CCCNC2.CC(C)c1cc2c(s1)CCNCC2(C)C.CC(C)c1cc2c(s1)CCNCC2C.CC(C)c1cc2c(s1)CNCCC2.CC1Cc2cc(C(C)C)sc2CCN1.CCC1Cc2sc(C(C)C)cc2CCN1. The van der Waals surface area contributed by atoms with E-state index in [0.717, 1.165) is 52.4 Å². The second-order valence-electron chi connectivity index (χ2n) is 27.4. The average Bonchev–Trinajstić information content (AvgIpc) is 4.48. The Morgan fingerprint density at radius 2 is 0.905 bits per heavy atom. The van der Waals surface area contributed by atoms with Crippen LogP contribution in [0.5, 0.6) is 0 Å². The van der Waals surface area contributed by atoms with Crippen LogP contribution in [0.1, 0.15) is 270 Å². The third-order valence-corrected chi connectivity index (χ3v) is 26.4. The lowest BCUT2D eigenvalue weighted by atomic mass is 9.84. The number of thiophene rings is 6. The number of aryl methyl sites for hydroxylation is 2. The molecule has 6 nitrogen and oxygen atoms in total. The van der Waals surface area contributed by atoms with Gasteiger partial charge in [-0.3, -0.25) is 0 Å². The minimum atomic E-state index is 0.301. The first-order valence-electron chi connectivity index (χ1n) is 33.1. The van der Waals surface area contributed by atoms with Gasteiger partial charge in [0.05, 0.1) is 0 Å². The van der Waals surface area contributed by atoms with E-state index in [1.165, 1.54) is 83.7 Å². The van der Waals surface area contributed by atoms with Gasteiger partial charge in [-0.05, 0) is 221 Å². The predicted molar refractivity (Wildman–Crippen MR) is 379 cm³/mol. The van der Waals surface area contributed by atoms with Gasteiger partial charge in [0.15, 0.2) is 0 Å². The molecule has 12 heterocycles. The summed E-state index contributed by atoms with van der Waals surface area (Å²) < 4.78 is 0. The first kappa shape index (κ1) is 69.4. The number of nitrogens with one attached hydrogen (secondary N) is 6. The van der Waals surface area contributed by atoms with Crippen molar-refractivity contribution in [1.29, 1.82) is 0 Å². The third-order valence-electron chi connectivity index (χ3n) is 17.4. The van der Waals surface area contributed by atoms with E-state index in [0.29, 0.717) is 58.9 Å². The molecule has 0 spiro atoms. The van der Waals surface area contributed by atoms with E-state index >= 15 is 0 Å². The molecule has 6 N–H and O–H groups in total. The molecule has 0 saturated heterocycles.